The first kappa shape index (κ1) is 15.7. The molecule has 6 nitrogen and oxygen atoms in total. The Morgan fingerprint density at radius 2 is 1.88 bits per heavy atom. The molecule has 2 aromatic carbocycles. The molecular weight excluding hydrogens is 322 g/mol. The number of rotatable bonds is 3. The van der Waals surface area contributed by atoms with Crippen LogP contribution in [0.25, 0.3) is 0 Å². The summed E-state index contributed by atoms with van der Waals surface area (Å²) in [5.41, 5.74) is -0.411. The third kappa shape index (κ3) is 2.37. The molecule has 2 aromatic rings. The number of aliphatic hydroxyl groups is 1. The second kappa shape index (κ2) is 5.60. The van der Waals surface area contributed by atoms with Gasteiger partial charge in [0.05, 0.1) is 12.1 Å². The molecule has 1 atom stereocenters. The minimum atomic E-state index is -1.85. The first-order chi connectivity index (χ1) is 12.0. The summed E-state index contributed by atoms with van der Waals surface area (Å²) in [6, 6.07) is 11.8. The lowest BCUT2D eigenvalue weighted by Crippen LogP contribution is -2.40. The van der Waals surface area contributed by atoms with Gasteiger partial charge in [0.15, 0.2) is 22.9 Å². The number of hydrogen-bond donors (Lipinski definition) is 1. The quantitative estimate of drug-likeness (QED) is 0.865. The molecule has 0 spiro atoms. The van der Waals surface area contributed by atoms with E-state index in [1.165, 1.54) is 4.90 Å². The highest BCUT2D eigenvalue weighted by molar-refractivity contribution is 6.10. The van der Waals surface area contributed by atoms with Crippen molar-refractivity contribution >= 4 is 17.4 Å². The third-order valence-corrected chi connectivity index (χ3v) is 4.65. The highest BCUT2D eigenvalue weighted by Gasteiger charge is 2.49. The average molecular weight is 339 g/mol. The Kier molecular flexibility index (Phi) is 3.51. The number of carbonyl (C=O) groups is 2. The van der Waals surface area contributed by atoms with Crippen LogP contribution in [-0.2, 0) is 10.4 Å². The van der Waals surface area contributed by atoms with Crippen molar-refractivity contribution in [3.05, 3.63) is 53.6 Å². The molecule has 1 N–H and O–H groups in total. The number of Topliss-reactive ketones (excluding diaryl/α,β-unsaturated/α-hetero) is 1. The molecule has 0 radical (unpaired) electrons. The number of para-hydroxylation sites is 1. The van der Waals surface area contributed by atoms with Crippen LogP contribution < -0.4 is 14.4 Å². The Hall–Kier alpha value is -2.86. The number of amides is 1. The van der Waals surface area contributed by atoms with Crippen molar-refractivity contribution in [3.8, 4) is 11.5 Å². The van der Waals surface area contributed by atoms with Crippen molar-refractivity contribution in [3.63, 3.8) is 0 Å². The summed E-state index contributed by atoms with van der Waals surface area (Å²) < 4.78 is 10.9. The predicted molar refractivity (Wildman–Crippen MR) is 90.1 cm³/mol. The van der Waals surface area contributed by atoms with Gasteiger partial charge in [-0.2, -0.15) is 0 Å². The van der Waals surface area contributed by atoms with Crippen molar-refractivity contribution in [1.29, 1.82) is 0 Å². The largest absolute Gasteiger partial charge is 0.486 e. The molecule has 2 aliphatic rings. The predicted octanol–water partition coefficient (Wildman–Crippen LogP) is 1.89. The van der Waals surface area contributed by atoms with Crippen molar-refractivity contribution in [2.45, 2.75) is 12.0 Å². The molecule has 0 saturated heterocycles. The van der Waals surface area contributed by atoms with E-state index in [9.17, 15) is 14.7 Å². The van der Waals surface area contributed by atoms with Crippen LogP contribution in [0.4, 0.5) is 5.69 Å². The van der Waals surface area contributed by atoms with Crippen LogP contribution in [0.2, 0.25) is 0 Å². The normalized spacial score (nSPS) is 21.2. The molecule has 2 aliphatic heterocycles. The van der Waals surface area contributed by atoms with Gasteiger partial charge in [-0.25, -0.2) is 0 Å². The topological polar surface area (TPSA) is 76.1 Å². The van der Waals surface area contributed by atoms with Crippen LogP contribution in [0.15, 0.2) is 42.5 Å². The molecule has 0 aromatic heterocycles. The minimum Gasteiger partial charge on any atom is -0.486 e. The van der Waals surface area contributed by atoms with Crippen molar-refractivity contribution in [2.75, 3.05) is 25.2 Å². The number of anilines is 1. The van der Waals surface area contributed by atoms with Gasteiger partial charge in [0.1, 0.15) is 13.2 Å². The van der Waals surface area contributed by atoms with Gasteiger partial charge < -0.3 is 19.5 Å². The second-order valence-electron chi connectivity index (χ2n) is 6.20. The average Bonchev–Trinajstić information content (AvgIpc) is 2.83. The van der Waals surface area contributed by atoms with Gasteiger partial charge in [0, 0.05) is 18.2 Å². The summed E-state index contributed by atoms with van der Waals surface area (Å²) in [5, 5.41) is 11.0. The number of ketones is 1. The van der Waals surface area contributed by atoms with Crippen LogP contribution >= 0.6 is 0 Å². The first-order valence-corrected chi connectivity index (χ1v) is 8.03. The number of benzene rings is 2. The molecule has 128 valence electrons. The van der Waals surface area contributed by atoms with Gasteiger partial charge in [-0.15, -0.1) is 0 Å². The smallest absolute Gasteiger partial charge is 0.263 e. The number of hydrogen-bond acceptors (Lipinski definition) is 5. The molecule has 4 rings (SSSR count). The molecule has 0 saturated carbocycles. The summed E-state index contributed by atoms with van der Waals surface area (Å²) in [6.45, 7) is 0.892. The molecule has 0 aliphatic carbocycles. The summed E-state index contributed by atoms with van der Waals surface area (Å²) in [7, 11) is 1.59. The van der Waals surface area contributed by atoms with Crippen LogP contribution in [0, 0.1) is 0 Å². The van der Waals surface area contributed by atoms with Gasteiger partial charge in [-0.05, 0) is 24.3 Å². The lowest BCUT2D eigenvalue weighted by atomic mass is 9.88. The second-order valence-corrected chi connectivity index (χ2v) is 6.20. The van der Waals surface area contributed by atoms with Crippen LogP contribution in [0.5, 0.6) is 11.5 Å². The fourth-order valence-electron chi connectivity index (χ4n) is 3.34. The lowest BCUT2D eigenvalue weighted by molar-refractivity contribution is -0.135. The highest BCUT2D eigenvalue weighted by Crippen LogP contribution is 2.42. The Morgan fingerprint density at radius 1 is 1.16 bits per heavy atom. The summed E-state index contributed by atoms with van der Waals surface area (Å²) in [4.78, 5) is 26.7. The molecule has 1 amide bonds. The SMILES string of the molecule is CN1C(=O)[C@@](O)(CC(=O)c2ccc3c(c2)OCCO3)c2ccccc21. The molecule has 0 fully saturated rings. The fourth-order valence-corrected chi connectivity index (χ4v) is 3.34. The maximum atomic E-state index is 12.7. The highest BCUT2D eigenvalue weighted by atomic mass is 16.6. The van der Waals surface area contributed by atoms with E-state index in [4.69, 9.17) is 9.47 Å². The standard InChI is InChI=1S/C19H17NO5/c1-20-14-5-3-2-4-13(14)19(23,18(20)22)11-15(21)12-6-7-16-17(10-12)25-9-8-24-16/h2-7,10,23H,8-9,11H2,1H3/t19-/m1/s1. The van der Waals surface area contributed by atoms with Gasteiger partial charge in [-0.1, -0.05) is 18.2 Å². The van der Waals surface area contributed by atoms with E-state index in [0.29, 0.717) is 41.5 Å². The van der Waals surface area contributed by atoms with E-state index < -0.39 is 11.5 Å². The zero-order valence-corrected chi connectivity index (χ0v) is 13.7. The Bertz CT molecular complexity index is 878. The van der Waals surface area contributed by atoms with Crippen molar-refractivity contribution in [2.24, 2.45) is 0 Å². The Labute approximate surface area is 144 Å². The van der Waals surface area contributed by atoms with E-state index in [2.05, 4.69) is 0 Å². The minimum absolute atomic E-state index is 0.327. The zero-order valence-electron chi connectivity index (χ0n) is 13.7. The molecule has 6 heteroatoms. The molecule has 2 heterocycles. The maximum absolute atomic E-state index is 12.7. The van der Waals surface area contributed by atoms with Crippen LogP contribution in [0.1, 0.15) is 22.3 Å². The van der Waals surface area contributed by atoms with Gasteiger partial charge >= 0.3 is 0 Å². The molecule has 0 unspecified atom stereocenters. The van der Waals surface area contributed by atoms with Crippen LogP contribution in [0.3, 0.4) is 0 Å². The number of fused-ring (bicyclic) bond motifs is 2. The third-order valence-electron chi connectivity index (χ3n) is 4.65. The van der Waals surface area contributed by atoms with E-state index in [-0.39, 0.29) is 12.2 Å². The molecule has 0 bridgehead atoms. The van der Waals surface area contributed by atoms with E-state index in [1.807, 2.05) is 0 Å². The van der Waals surface area contributed by atoms with Crippen LogP contribution in [-0.4, -0.2) is 37.1 Å². The summed E-state index contributed by atoms with van der Waals surface area (Å²) >= 11 is 0. The monoisotopic (exact) mass is 339 g/mol. The fraction of sp³-hybridized carbons (Fsp3) is 0.263. The van der Waals surface area contributed by atoms with Gasteiger partial charge in [-0.3, -0.25) is 9.59 Å². The summed E-state index contributed by atoms with van der Waals surface area (Å²) in [5.74, 6) is 0.250. The van der Waals surface area contributed by atoms with E-state index in [1.54, 1.807) is 49.5 Å². The zero-order chi connectivity index (χ0) is 17.6. The van der Waals surface area contributed by atoms with E-state index in [0.717, 1.165) is 0 Å². The van der Waals surface area contributed by atoms with Gasteiger partial charge in [0.2, 0.25) is 0 Å². The van der Waals surface area contributed by atoms with E-state index >= 15 is 0 Å². The number of nitrogens with zero attached hydrogens (tertiary/aromatic N) is 1. The first-order valence-electron chi connectivity index (χ1n) is 8.03. The summed E-state index contributed by atoms with van der Waals surface area (Å²) in [6.07, 6.45) is -0.327. The van der Waals surface area contributed by atoms with Crippen molar-refractivity contribution < 1.29 is 24.2 Å². The number of likely N-dealkylation sites (N-methyl/N-ethyl adjacent to an activating group) is 1. The molecule has 25 heavy (non-hydrogen) atoms. The van der Waals surface area contributed by atoms with Crippen molar-refractivity contribution in [1.82, 2.24) is 0 Å². The molecular formula is C19H17NO5. The number of carbonyl (C=O) groups excluding carboxylic acids is 2. The lowest BCUT2D eigenvalue weighted by Gasteiger charge is -2.22. The Morgan fingerprint density at radius 3 is 2.68 bits per heavy atom. The Balaban J connectivity index is 1.66. The number of ether oxygens (including phenoxy) is 2. The van der Waals surface area contributed by atoms with Gasteiger partial charge in [0.25, 0.3) is 5.91 Å². The maximum Gasteiger partial charge on any atom is 0.263 e.